The summed E-state index contributed by atoms with van der Waals surface area (Å²) in [6.45, 7) is 1.77. The van der Waals surface area contributed by atoms with E-state index in [0.717, 1.165) is 43.6 Å². The second-order valence-corrected chi connectivity index (χ2v) is 6.98. The normalized spacial score (nSPS) is 22.3. The first-order chi connectivity index (χ1) is 9.65. The summed E-state index contributed by atoms with van der Waals surface area (Å²) in [6, 6.07) is 5.06. The minimum Gasteiger partial charge on any atom is -0.493 e. The van der Waals surface area contributed by atoms with Crippen molar-refractivity contribution in [2.45, 2.75) is 36.7 Å². The lowest BCUT2D eigenvalue weighted by atomic mass is 10.1. The van der Waals surface area contributed by atoms with Gasteiger partial charge in [0, 0.05) is 13.2 Å². The number of aryl methyl sites for hydroxylation is 1. The third-order valence-electron chi connectivity index (χ3n) is 3.72. The van der Waals surface area contributed by atoms with Gasteiger partial charge in [0.1, 0.15) is 5.75 Å². The number of sulfonamides is 1. The van der Waals surface area contributed by atoms with Gasteiger partial charge in [0.15, 0.2) is 0 Å². The topological polar surface area (TPSA) is 64.6 Å². The van der Waals surface area contributed by atoms with Gasteiger partial charge in [-0.3, -0.25) is 0 Å². The summed E-state index contributed by atoms with van der Waals surface area (Å²) in [4.78, 5) is 0.305. The Hall–Kier alpha value is -1.11. The largest absolute Gasteiger partial charge is 0.493 e. The number of hydrogen-bond donors (Lipinski definition) is 1. The highest BCUT2D eigenvalue weighted by Gasteiger charge is 2.21. The number of fused-ring (bicyclic) bond motifs is 1. The van der Waals surface area contributed by atoms with Gasteiger partial charge in [-0.1, -0.05) is 0 Å². The first kappa shape index (κ1) is 13.9. The van der Waals surface area contributed by atoms with Crippen molar-refractivity contribution in [1.29, 1.82) is 0 Å². The van der Waals surface area contributed by atoms with E-state index in [1.165, 1.54) is 0 Å². The first-order valence-electron chi connectivity index (χ1n) is 7.02. The number of benzene rings is 1. The van der Waals surface area contributed by atoms with E-state index in [1.54, 1.807) is 18.2 Å². The van der Waals surface area contributed by atoms with Crippen molar-refractivity contribution >= 4 is 10.0 Å². The molecule has 2 aliphatic rings. The Bertz CT molecular complexity index is 579. The van der Waals surface area contributed by atoms with Gasteiger partial charge in [0.05, 0.1) is 17.6 Å². The first-order valence-corrected chi connectivity index (χ1v) is 8.50. The Morgan fingerprint density at radius 1 is 1.25 bits per heavy atom. The zero-order chi connectivity index (χ0) is 14.0. The van der Waals surface area contributed by atoms with Crippen LogP contribution in [0.15, 0.2) is 23.1 Å². The molecule has 0 amide bonds. The molecular weight excluding hydrogens is 278 g/mol. The summed E-state index contributed by atoms with van der Waals surface area (Å²) in [7, 11) is -3.47. The second kappa shape index (κ2) is 5.71. The van der Waals surface area contributed by atoms with Crippen LogP contribution in [0.25, 0.3) is 0 Å². The third kappa shape index (κ3) is 2.97. The average Bonchev–Trinajstić information content (AvgIpc) is 2.98. The average molecular weight is 297 g/mol. The van der Waals surface area contributed by atoms with E-state index < -0.39 is 10.0 Å². The number of rotatable bonds is 4. The summed E-state index contributed by atoms with van der Waals surface area (Å²) >= 11 is 0. The fraction of sp³-hybridized carbons (Fsp3) is 0.571. The van der Waals surface area contributed by atoms with E-state index in [-0.39, 0.29) is 6.10 Å². The Morgan fingerprint density at radius 3 is 2.95 bits per heavy atom. The van der Waals surface area contributed by atoms with E-state index in [9.17, 15) is 8.42 Å². The van der Waals surface area contributed by atoms with Crippen LogP contribution in [-0.4, -0.2) is 34.3 Å². The zero-order valence-electron chi connectivity index (χ0n) is 11.3. The van der Waals surface area contributed by atoms with Crippen molar-refractivity contribution in [1.82, 2.24) is 4.72 Å². The molecule has 5 nitrogen and oxygen atoms in total. The van der Waals surface area contributed by atoms with Crippen molar-refractivity contribution in [3.8, 4) is 5.75 Å². The van der Waals surface area contributed by atoms with Crippen molar-refractivity contribution in [2.75, 3.05) is 19.8 Å². The molecule has 6 heteroatoms. The fourth-order valence-electron chi connectivity index (χ4n) is 2.60. The van der Waals surface area contributed by atoms with Crippen molar-refractivity contribution in [3.05, 3.63) is 23.8 Å². The summed E-state index contributed by atoms with van der Waals surface area (Å²) in [5.74, 6) is 0.800. The molecule has 0 saturated carbocycles. The lowest BCUT2D eigenvalue weighted by Gasteiger charge is -2.18. The maximum Gasteiger partial charge on any atom is 0.240 e. The van der Waals surface area contributed by atoms with E-state index in [2.05, 4.69) is 4.72 Å². The van der Waals surface area contributed by atoms with Crippen LogP contribution < -0.4 is 9.46 Å². The lowest BCUT2D eigenvalue weighted by Crippen LogP contribution is -2.31. The smallest absolute Gasteiger partial charge is 0.240 e. The molecule has 0 radical (unpaired) electrons. The third-order valence-corrected chi connectivity index (χ3v) is 5.14. The van der Waals surface area contributed by atoms with Gasteiger partial charge in [-0.15, -0.1) is 0 Å². The Balaban J connectivity index is 1.73. The minimum atomic E-state index is -3.47. The SMILES string of the molecule is O=S(=O)(NCC1CCCO1)c1ccc2c(c1)CCCO2. The van der Waals surface area contributed by atoms with Gasteiger partial charge in [0.2, 0.25) is 10.0 Å². The van der Waals surface area contributed by atoms with E-state index in [1.807, 2.05) is 0 Å². The van der Waals surface area contributed by atoms with E-state index in [0.29, 0.717) is 18.0 Å². The van der Waals surface area contributed by atoms with Crippen LogP contribution >= 0.6 is 0 Å². The molecule has 20 heavy (non-hydrogen) atoms. The Morgan fingerprint density at radius 2 is 2.15 bits per heavy atom. The molecule has 0 bridgehead atoms. The molecule has 1 fully saturated rings. The molecule has 1 atom stereocenters. The van der Waals surface area contributed by atoms with Crippen LogP contribution in [0.5, 0.6) is 5.75 Å². The number of nitrogens with one attached hydrogen (secondary N) is 1. The fourth-order valence-corrected chi connectivity index (χ4v) is 3.71. The van der Waals surface area contributed by atoms with Crippen molar-refractivity contribution in [3.63, 3.8) is 0 Å². The summed E-state index contributed by atoms with van der Waals surface area (Å²) in [6.07, 6.45) is 3.72. The summed E-state index contributed by atoms with van der Waals surface area (Å²) in [5.41, 5.74) is 0.969. The minimum absolute atomic E-state index is 0.00531. The maximum atomic E-state index is 12.3. The van der Waals surface area contributed by atoms with Gasteiger partial charge < -0.3 is 9.47 Å². The van der Waals surface area contributed by atoms with Gasteiger partial charge in [-0.25, -0.2) is 13.1 Å². The molecule has 1 N–H and O–H groups in total. The van der Waals surface area contributed by atoms with E-state index >= 15 is 0 Å². The predicted molar refractivity (Wildman–Crippen MR) is 74.4 cm³/mol. The molecule has 0 spiro atoms. The van der Waals surface area contributed by atoms with Crippen LogP contribution in [-0.2, 0) is 21.2 Å². The molecule has 2 heterocycles. The van der Waals surface area contributed by atoms with Gasteiger partial charge in [-0.05, 0) is 49.4 Å². The van der Waals surface area contributed by atoms with E-state index in [4.69, 9.17) is 9.47 Å². The molecule has 0 aromatic heterocycles. The van der Waals surface area contributed by atoms with Crippen LogP contribution in [0.2, 0.25) is 0 Å². The number of hydrogen-bond acceptors (Lipinski definition) is 4. The molecule has 1 aromatic rings. The second-order valence-electron chi connectivity index (χ2n) is 5.21. The van der Waals surface area contributed by atoms with Gasteiger partial charge in [0.25, 0.3) is 0 Å². The zero-order valence-corrected chi connectivity index (χ0v) is 12.1. The van der Waals surface area contributed by atoms with Gasteiger partial charge in [-0.2, -0.15) is 0 Å². The van der Waals surface area contributed by atoms with Crippen molar-refractivity contribution in [2.24, 2.45) is 0 Å². The van der Waals surface area contributed by atoms with Crippen LogP contribution in [0.1, 0.15) is 24.8 Å². The summed E-state index contributed by atoms with van der Waals surface area (Å²) in [5, 5.41) is 0. The molecule has 1 saturated heterocycles. The van der Waals surface area contributed by atoms with Gasteiger partial charge >= 0.3 is 0 Å². The molecule has 1 unspecified atom stereocenters. The highest BCUT2D eigenvalue weighted by molar-refractivity contribution is 7.89. The van der Waals surface area contributed by atoms with Crippen molar-refractivity contribution < 1.29 is 17.9 Å². The highest BCUT2D eigenvalue weighted by atomic mass is 32.2. The van der Waals surface area contributed by atoms with Crippen LogP contribution in [0, 0.1) is 0 Å². The lowest BCUT2D eigenvalue weighted by molar-refractivity contribution is 0.114. The molecule has 3 rings (SSSR count). The Labute approximate surface area is 119 Å². The summed E-state index contributed by atoms with van der Waals surface area (Å²) < 4.78 is 38.1. The standard InChI is InChI=1S/C14H19NO4S/c16-20(17,15-10-12-4-2-7-18-12)13-5-6-14-11(9-13)3-1-8-19-14/h5-6,9,12,15H,1-4,7-8,10H2. The molecular formula is C14H19NO4S. The monoisotopic (exact) mass is 297 g/mol. The maximum absolute atomic E-state index is 12.3. The highest BCUT2D eigenvalue weighted by Crippen LogP contribution is 2.27. The molecule has 0 aliphatic carbocycles. The molecule has 110 valence electrons. The van der Waals surface area contributed by atoms with Crippen LogP contribution in [0.4, 0.5) is 0 Å². The molecule has 2 aliphatic heterocycles. The van der Waals surface area contributed by atoms with Crippen LogP contribution in [0.3, 0.4) is 0 Å². The predicted octanol–water partition coefficient (Wildman–Crippen LogP) is 1.47. The number of ether oxygens (including phenoxy) is 2. The molecule has 1 aromatic carbocycles. The Kier molecular flexibility index (Phi) is 3.96. The quantitative estimate of drug-likeness (QED) is 0.914.